The molecule has 0 fully saturated rings. The van der Waals surface area contributed by atoms with Gasteiger partial charge in [-0.2, -0.15) is 0 Å². The summed E-state index contributed by atoms with van der Waals surface area (Å²) in [5.41, 5.74) is 1.07. The van der Waals surface area contributed by atoms with Crippen LogP contribution in [-0.2, 0) is 6.42 Å². The van der Waals surface area contributed by atoms with Gasteiger partial charge in [-0.3, -0.25) is 0 Å². The molecule has 0 aromatic heterocycles. The molecule has 0 aliphatic heterocycles. The minimum absolute atomic E-state index is 0.611. The normalized spacial score (nSPS) is 9.56. The van der Waals surface area contributed by atoms with Gasteiger partial charge in [0, 0.05) is 6.42 Å². The van der Waals surface area contributed by atoms with Crippen molar-refractivity contribution in [3.05, 3.63) is 54.1 Å². The third-order valence-corrected chi connectivity index (χ3v) is 2.50. The van der Waals surface area contributed by atoms with E-state index in [0.717, 1.165) is 22.8 Å². The molecule has 2 aromatic carbocycles. The Morgan fingerprint density at radius 2 is 1.72 bits per heavy atom. The second kappa shape index (κ2) is 5.79. The van der Waals surface area contributed by atoms with Crippen molar-refractivity contribution in [3.8, 4) is 29.6 Å². The molecular formula is C16H14O2. The highest BCUT2D eigenvalue weighted by Crippen LogP contribution is 2.24. The molecule has 2 nitrogen and oxygen atoms in total. The van der Waals surface area contributed by atoms with Crippen LogP contribution in [0.25, 0.3) is 0 Å². The van der Waals surface area contributed by atoms with E-state index < -0.39 is 0 Å². The van der Waals surface area contributed by atoms with Crippen LogP contribution in [0.4, 0.5) is 0 Å². The van der Waals surface area contributed by atoms with Gasteiger partial charge in [-0.05, 0) is 42.0 Å². The van der Waals surface area contributed by atoms with Gasteiger partial charge in [0.15, 0.2) is 0 Å². The third-order valence-electron chi connectivity index (χ3n) is 2.50. The van der Waals surface area contributed by atoms with E-state index in [-0.39, 0.29) is 0 Å². The van der Waals surface area contributed by atoms with E-state index in [1.807, 2.05) is 48.5 Å². The summed E-state index contributed by atoms with van der Waals surface area (Å²) in [5, 5.41) is 0. The maximum atomic E-state index is 5.74. The number of terminal acetylenes is 1. The summed E-state index contributed by atoms with van der Waals surface area (Å²) in [5.74, 6) is 4.98. The van der Waals surface area contributed by atoms with Crippen molar-refractivity contribution in [2.24, 2.45) is 0 Å². The lowest BCUT2D eigenvalue weighted by molar-refractivity contribution is 0.413. The summed E-state index contributed by atoms with van der Waals surface area (Å²) in [6.45, 7) is 0. The molecule has 90 valence electrons. The van der Waals surface area contributed by atoms with Crippen molar-refractivity contribution >= 4 is 0 Å². The Kier molecular flexibility index (Phi) is 3.88. The Morgan fingerprint density at radius 3 is 2.39 bits per heavy atom. The van der Waals surface area contributed by atoms with Gasteiger partial charge in [0.05, 0.1) is 7.11 Å². The molecule has 0 radical (unpaired) electrons. The SMILES string of the molecule is C#CCc1cccc(Oc2ccc(OC)cc2)c1. The summed E-state index contributed by atoms with van der Waals surface area (Å²) in [4.78, 5) is 0. The van der Waals surface area contributed by atoms with Crippen LogP contribution in [0.2, 0.25) is 0 Å². The predicted octanol–water partition coefficient (Wildman–Crippen LogP) is 3.66. The molecule has 2 rings (SSSR count). The van der Waals surface area contributed by atoms with E-state index in [0.29, 0.717) is 6.42 Å². The van der Waals surface area contributed by atoms with Crippen LogP contribution in [-0.4, -0.2) is 7.11 Å². The van der Waals surface area contributed by atoms with Crippen molar-refractivity contribution in [2.45, 2.75) is 6.42 Å². The van der Waals surface area contributed by atoms with E-state index in [1.165, 1.54) is 0 Å². The molecule has 0 N–H and O–H groups in total. The van der Waals surface area contributed by atoms with E-state index in [2.05, 4.69) is 5.92 Å². The topological polar surface area (TPSA) is 18.5 Å². The second-order valence-electron chi connectivity index (χ2n) is 3.81. The monoisotopic (exact) mass is 238 g/mol. The van der Waals surface area contributed by atoms with Gasteiger partial charge in [0.25, 0.3) is 0 Å². The lowest BCUT2D eigenvalue weighted by Crippen LogP contribution is -1.87. The molecule has 0 amide bonds. The highest BCUT2D eigenvalue weighted by atomic mass is 16.5. The van der Waals surface area contributed by atoms with Crippen molar-refractivity contribution < 1.29 is 9.47 Å². The summed E-state index contributed by atoms with van der Waals surface area (Å²) >= 11 is 0. The lowest BCUT2D eigenvalue weighted by atomic mass is 10.1. The number of hydrogen-bond donors (Lipinski definition) is 0. The fourth-order valence-corrected chi connectivity index (χ4v) is 1.62. The van der Waals surface area contributed by atoms with Crippen LogP contribution in [0.5, 0.6) is 17.2 Å². The van der Waals surface area contributed by atoms with Crippen molar-refractivity contribution in [1.82, 2.24) is 0 Å². The molecule has 0 saturated heterocycles. The molecule has 0 aliphatic rings. The molecule has 2 aromatic rings. The highest BCUT2D eigenvalue weighted by molar-refractivity contribution is 5.37. The largest absolute Gasteiger partial charge is 0.497 e. The molecule has 0 aliphatic carbocycles. The van der Waals surface area contributed by atoms with Crippen molar-refractivity contribution in [2.75, 3.05) is 7.11 Å². The smallest absolute Gasteiger partial charge is 0.127 e. The molecule has 2 heteroatoms. The molecule has 0 unspecified atom stereocenters. The Bertz CT molecular complexity index is 550. The zero-order valence-electron chi connectivity index (χ0n) is 10.2. The number of ether oxygens (including phenoxy) is 2. The van der Waals surface area contributed by atoms with Crippen LogP contribution in [0.1, 0.15) is 5.56 Å². The second-order valence-corrected chi connectivity index (χ2v) is 3.81. The summed E-state index contributed by atoms with van der Waals surface area (Å²) in [6, 6.07) is 15.2. The Balaban J connectivity index is 2.12. The fourth-order valence-electron chi connectivity index (χ4n) is 1.62. The van der Waals surface area contributed by atoms with Crippen molar-refractivity contribution in [3.63, 3.8) is 0 Å². The first-order valence-electron chi connectivity index (χ1n) is 5.66. The minimum atomic E-state index is 0.611. The van der Waals surface area contributed by atoms with E-state index in [4.69, 9.17) is 15.9 Å². The van der Waals surface area contributed by atoms with Gasteiger partial charge < -0.3 is 9.47 Å². The Labute approximate surface area is 107 Å². The molecule has 0 saturated carbocycles. The number of rotatable bonds is 4. The van der Waals surface area contributed by atoms with Gasteiger partial charge in [-0.1, -0.05) is 12.1 Å². The quantitative estimate of drug-likeness (QED) is 0.757. The molecule has 18 heavy (non-hydrogen) atoms. The number of benzene rings is 2. The zero-order chi connectivity index (χ0) is 12.8. The predicted molar refractivity (Wildman–Crippen MR) is 72.0 cm³/mol. The van der Waals surface area contributed by atoms with E-state index >= 15 is 0 Å². The van der Waals surface area contributed by atoms with Gasteiger partial charge >= 0.3 is 0 Å². The molecule has 0 spiro atoms. The van der Waals surface area contributed by atoms with Crippen molar-refractivity contribution in [1.29, 1.82) is 0 Å². The molecule has 0 heterocycles. The lowest BCUT2D eigenvalue weighted by Gasteiger charge is -2.07. The standard InChI is InChI=1S/C16H14O2/c1-3-5-13-6-4-7-16(12-13)18-15-10-8-14(17-2)9-11-15/h1,4,6-12H,5H2,2H3. The third kappa shape index (κ3) is 3.05. The van der Waals surface area contributed by atoms with Crippen LogP contribution in [0, 0.1) is 12.3 Å². The van der Waals surface area contributed by atoms with Crippen LogP contribution in [0.15, 0.2) is 48.5 Å². The van der Waals surface area contributed by atoms with E-state index in [1.54, 1.807) is 7.11 Å². The Hall–Kier alpha value is -2.40. The van der Waals surface area contributed by atoms with Gasteiger partial charge in [-0.25, -0.2) is 0 Å². The van der Waals surface area contributed by atoms with Crippen LogP contribution < -0.4 is 9.47 Å². The first-order valence-corrected chi connectivity index (χ1v) is 5.66. The zero-order valence-corrected chi connectivity index (χ0v) is 10.2. The van der Waals surface area contributed by atoms with Gasteiger partial charge in [0.1, 0.15) is 17.2 Å². The average molecular weight is 238 g/mol. The minimum Gasteiger partial charge on any atom is -0.497 e. The Morgan fingerprint density at radius 1 is 1.00 bits per heavy atom. The first kappa shape index (κ1) is 12.1. The molecule has 0 atom stereocenters. The highest BCUT2D eigenvalue weighted by Gasteiger charge is 1.99. The maximum absolute atomic E-state index is 5.74. The van der Waals surface area contributed by atoms with Gasteiger partial charge in [0.2, 0.25) is 0 Å². The van der Waals surface area contributed by atoms with E-state index in [9.17, 15) is 0 Å². The fraction of sp³-hybridized carbons (Fsp3) is 0.125. The summed E-state index contributed by atoms with van der Waals surface area (Å²) in [7, 11) is 1.64. The average Bonchev–Trinajstić information content (AvgIpc) is 2.40. The number of hydrogen-bond acceptors (Lipinski definition) is 2. The molecule has 0 bridgehead atoms. The summed E-state index contributed by atoms with van der Waals surface area (Å²) < 4.78 is 10.8. The van der Waals surface area contributed by atoms with Gasteiger partial charge in [-0.15, -0.1) is 12.3 Å². The number of methoxy groups -OCH3 is 1. The first-order chi connectivity index (χ1) is 8.81. The van der Waals surface area contributed by atoms with Crippen LogP contribution >= 0.6 is 0 Å². The van der Waals surface area contributed by atoms with Crippen LogP contribution in [0.3, 0.4) is 0 Å². The maximum Gasteiger partial charge on any atom is 0.127 e. The summed E-state index contributed by atoms with van der Waals surface area (Å²) in [6.07, 6.45) is 5.90. The molecular weight excluding hydrogens is 224 g/mol.